The molecule has 0 saturated carbocycles. The normalized spacial score (nSPS) is 20.2. The first-order valence-corrected chi connectivity index (χ1v) is 6.71. The summed E-state index contributed by atoms with van der Waals surface area (Å²) in [7, 11) is 0. The molecule has 92 valence electrons. The van der Waals surface area contributed by atoms with E-state index < -0.39 is 0 Å². The van der Waals surface area contributed by atoms with Crippen LogP contribution in [0.3, 0.4) is 0 Å². The summed E-state index contributed by atoms with van der Waals surface area (Å²) in [6.07, 6.45) is 7.76. The third-order valence-electron chi connectivity index (χ3n) is 3.89. The second-order valence-electron chi connectivity index (χ2n) is 5.08. The van der Waals surface area contributed by atoms with Gasteiger partial charge in [0.25, 0.3) is 0 Å². The predicted molar refractivity (Wildman–Crippen MR) is 68.1 cm³/mol. The highest BCUT2D eigenvalue weighted by Crippen LogP contribution is 2.25. The number of aromatic nitrogens is 2. The van der Waals surface area contributed by atoms with Crippen molar-refractivity contribution in [2.45, 2.75) is 32.1 Å². The van der Waals surface area contributed by atoms with Gasteiger partial charge >= 0.3 is 0 Å². The third-order valence-corrected chi connectivity index (χ3v) is 3.89. The second kappa shape index (κ2) is 5.00. The largest absolute Gasteiger partial charge is 0.369 e. The van der Waals surface area contributed by atoms with E-state index in [-0.39, 0.29) is 0 Å². The van der Waals surface area contributed by atoms with Crippen LogP contribution in [0.4, 0.5) is 5.82 Å². The van der Waals surface area contributed by atoms with Gasteiger partial charge in [0, 0.05) is 17.8 Å². The third kappa shape index (κ3) is 2.41. The molecule has 1 fully saturated rings. The Morgan fingerprint density at radius 3 is 3.00 bits per heavy atom. The fraction of sp³-hybridized carbons (Fsp3) is 0.692. The predicted octanol–water partition coefficient (Wildman–Crippen LogP) is 1.38. The highest BCUT2D eigenvalue weighted by Gasteiger charge is 2.18. The summed E-state index contributed by atoms with van der Waals surface area (Å²) in [5.41, 5.74) is 2.62. The van der Waals surface area contributed by atoms with Gasteiger partial charge in [-0.05, 0) is 51.1 Å². The number of hydrogen-bond donors (Lipinski definition) is 2. The van der Waals surface area contributed by atoms with Gasteiger partial charge in [-0.15, -0.1) is 0 Å². The van der Waals surface area contributed by atoms with Crippen LogP contribution in [0.5, 0.6) is 0 Å². The number of fused-ring (bicyclic) bond motifs is 1. The van der Waals surface area contributed by atoms with E-state index in [1.54, 1.807) is 6.33 Å². The summed E-state index contributed by atoms with van der Waals surface area (Å²) < 4.78 is 0. The number of aryl methyl sites for hydroxylation is 1. The van der Waals surface area contributed by atoms with Crippen molar-refractivity contribution in [2.24, 2.45) is 5.92 Å². The van der Waals surface area contributed by atoms with Crippen LogP contribution in [0.25, 0.3) is 0 Å². The van der Waals surface area contributed by atoms with Gasteiger partial charge in [-0.25, -0.2) is 9.97 Å². The molecule has 0 amide bonds. The van der Waals surface area contributed by atoms with Gasteiger partial charge in [-0.1, -0.05) is 0 Å². The first kappa shape index (κ1) is 11.0. The van der Waals surface area contributed by atoms with E-state index in [9.17, 15) is 0 Å². The van der Waals surface area contributed by atoms with Crippen molar-refractivity contribution < 1.29 is 0 Å². The molecular formula is C13H20N4. The highest BCUT2D eigenvalue weighted by atomic mass is 15.0. The van der Waals surface area contributed by atoms with Gasteiger partial charge in [-0.3, -0.25) is 0 Å². The Kier molecular flexibility index (Phi) is 3.22. The molecule has 0 unspecified atom stereocenters. The van der Waals surface area contributed by atoms with Crippen molar-refractivity contribution >= 4 is 5.82 Å². The minimum Gasteiger partial charge on any atom is -0.369 e. The Hall–Kier alpha value is -1.16. The van der Waals surface area contributed by atoms with Crippen molar-refractivity contribution in [3.05, 3.63) is 17.6 Å². The molecule has 0 spiro atoms. The summed E-state index contributed by atoms with van der Waals surface area (Å²) in [6.45, 7) is 3.38. The Bertz CT molecular complexity index is 385. The summed E-state index contributed by atoms with van der Waals surface area (Å²) in [5, 5.41) is 6.94. The SMILES string of the molecule is c1nc2c(c(NCC3CCNCC3)n1)CCC2. The van der Waals surface area contributed by atoms with Gasteiger partial charge in [0.2, 0.25) is 0 Å². The zero-order valence-corrected chi connectivity index (χ0v) is 10.2. The Morgan fingerprint density at radius 2 is 2.12 bits per heavy atom. The molecule has 3 rings (SSSR count). The number of rotatable bonds is 3. The fourth-order valence-electron chi connectivity index (χ4n) is 2.84. The second-order valence-corrected chi connectivity index (χ2v) is 5.08. The summed E-state index contributed by atoms with van der Waals surface area (Å²) >= 11 is 0. The van der Waals surface area contributed by atoms with E-state index in [1.165, 1.54) is 30.5 Å². The van der Waals surface area contributed by atoms with Crippen molar-refractivity contribution in [1.82, 2.24) is 15.3 Å². The zero-order chi connectivity index (χ0) is 11.5. The van der Waals surface area contributed by atoms with Gasteiger partial charge in [0.15, 0.2) is 0 Å². The van der Waals surface area contributed by atoms with Crippen molar-refractivity contribution in [1.29, 1.82) is 0 Å². The molecular weight excluding hydrogens is 212 g/mol. The molecule has 1 aromatic heterocycles. The quantitative estimate of drug-likeness (QED) is 0.826. The molecule has 1 aliphatic carbocycles. The maximum absolute atomic E-state index is 4.40. The van der Waals surface area contributed by atoms with Gasteiger partial charge in [0.1, 0.15) is 12.1 Å². The van der Waals surface area contributed by atoms with E-state index in [2.05, 4.69) is 20.6 Å². The Balaban J connectivity index is 1.63. The minimum absolute atomic E-state index is 0.795. The molecule has 17 heavy (non-hydrogen) atoms. The van der Waals surface area contributed by atoms with Crippen molar-refractivity contribution in [2.75, 3.05) is 25.0 Å². The van der Waals surface area contributed by atoms with Crippen LogP contribution in [0, 0.1) is 5.92 Å². The lowest BCUT2D eigenvalue weighted by Gasteiger charge is -2.23. The molecule has 4 heteroatoms. The number of nitrogens with zero attached hydrogens (tertiary/aromatic N) is 2. The monoisotopic (exact) mass is 232 g/mol. The molecule has 1 aliphatic heterocycles. The molecule has 0 aromatic carbocycles. The molecule has 2 heterocycles. The van der Waals surface area contributed by atoms with Crippen molar-refractivity contribution in [3.63, 3.8) is 0 Å². The van der Waals surface area contributed by atoms with E-state index in [4.69, 9.17) is 0 Å². The minimum atomic E-state index is 0.795. The Morgan fingerprint density at radius 1 is 1.24 bits per heavy atom. The van der Waals surface area contributed by atoms with E-state index in [0.717, 1.165) is 44.2 Å². The van der Waals surface area contributed by atoms with E-state index in [1.807, 2.05) is 0 Å². The topological polar surface area (TPSA) is 49.8 Å². The molecule has 2 N–H and O–H groups in total. The summed E-state index contributed by atoms with van der Waals surface area (Å²) in [6, 6.07) is 0. The van der Waals surface area contributed by atoms with Crippen LogP contribution in [-0.4, -0.2) is 29.6 Å². The average Bonchev–Trinajstić information content (AvgIpc) is 2.86. The van der Waals surface area contributed by atoms with Crippen LogP contribution < -0.4 is 10.6 Å². The van der Waals surface area contributed by atoms with Crippen LogP contribution >= 0.6 is 0 Å². The molecule has 0 radical (unpaired) electrons. The van der Waals surface area contributed by atoms with E-state index >= 15 is 0 Å². The Labute approximate surface area is 102 Å². The zero-order valence-electron chi connectivity index (χ0n) is 10.2. The maximum Gasteiger partial charge on any atom is 0.132 e. The lowest BCUT2D eigenvalue weighted by atomic mass is 9.98. The first-order chi connectivity index (χ1) is 8.43. The molecule has 1 aromatic rings. The number of piperidine rings is 1. The highest BCUT2D eigenvalue weighted by molar-refractivity contribution is 5.47. The van der Waals surface area contributed by atoms with Crippen LogP contribution in [-0.2, 0) is 12.8 Å². The maximum atomic E-state index is 4.40. The average molecular weight is 232 g/mol. The summed E-state index contributed by atoms with van der Waals surface area (Å²) in [4.78, 5) is 8.75. The van der Waals surface area contributed by atoms with Crippen LogP contribution in [0.15, 0.2) is 6.33 Å². The molecule has 4 nitrogen and oxygen atoms in total. The van der Waals surface area contributed by atoms with Gasteiger partial charge in [-0.2, -0.15) is 0 Å². The summed E-state index contributed by atoms with van der Waals surface area (Å²) in [5.74, 6) is 1.88. The standard InChI is InChI=1S/C13H20N4/c1-2-11-12(3-1)16-9-17-13(11)15-8-10-4-6-14-7-5-10/h9-10,14H,1-8H2,(H,15,16,17). The van der Waals surface area contributed by atoms with Crippen molar-refractivity contribution in [3.8, 4) is 0 Å². The fourth-order valence-corrected chi connectivity index (χ4v) is 2.84. The molecule has 2 aliphatic rings. The lowest BCUT2D eigenvalue weighted by molar-refractivity contribution is 0.389. The van der Waals surface area contributed by atoms with E-state index in [0.29, 0.717) is 0 Å². The molecule has 1 saturated heterocycles. The van der Waals surface area contributed by atoms with Crippen LogP contribution in [0.2, 0.25) is 0 Å². The number of hydrogen-bond acceptors (Lipinski definition) is 4. The first-order valence-electron chi connectivity index (χ1n) is 6.71. The van der Waals surface area contributed by atoms with Gasteiger partial charge in [0.05, 0.1) is 0 Å². The van der Waals surface area contributed by atoms with Crippen LogP contribution in [0.1, 0.15) is 30.5 Å². The molecule has 0 atom stereocenters. The number of nitrogens with one attached hydrogen (secondary N) is 2. The smallest absolute Gasteiger partial charge is 0.132 e. The lowest BCUT2D eigenvalue weighted by Crippen LogP contribution is -2.31. The van der Waals surface area contributed by atoms with Gasteiger partial charge < -0.3 is 10.6 Å². The number of anilines is 1. The molecule has 0 bridgehead atoms.